The highest BCUT2D eigenvalue weighted by atomic mass is 16.3. The van der Waals surface area contributed by atoms with Crippen molar-refractivity contribution >= 4 is 0 Å². The van der Waals surface area contributed by atoms with Crippen LogP contribution in [-0.2, 0) is 6.42 Å². The van der Waals surface area contributed by atoms with Crippen LogP contribution in [0.15, 0.2) is 54.6 Å². The Morgan fingerprint density at radius 3 is 2.48 bits per heavy atom. The van der Waals surface area contributed by atoms with Gasteiger partial charge in [-0.2, -0.15) is 0 Å². The summed E-state index contributed by atoms with van der Waals surface area (Å²) in [5, 5.41) is 13.1. The number of piperazine rings is 1. The van der Waals surface area contributed by atoms with Crippen molar-refractivity contribution in [1.29, 1.82) is 0 Å². The molecule has 1 saturated heterocycles. The Morgan fingerprint density at radius 2 is 1.76 bits per heavy atom. The number of hydrogen-bond acceptors (Lipinski definition) is 3. The van der Waals surface area contributed by atoms with E-state index in [-0.39, 0.29) is 0 Å². The number of aromatic hydroxyl groups is 1. The van der Waals surface area contributed by atoms with E-state index >= 15 is 0 Å². The lowest BCUT2D eigenvalue weighted by molar-refractivity contribution is 0.172. The molecule has 0 bridgehead atoms. The summed E-state index contributed by atoms with van der Waals surface area (Å²) in [6, 6.07) is 18.7. The van der Waals surface area contributed by atoms with E-state index in [9.17, 15) is 5.11 Å². The van der Waals surface area contributed by atoms with Gasteiger partial charge in [-0.15, -0.1) is 0 Å². The zero-order valence-electron chi connectivity index (χ0n) is 12.2. The summed E-state index contributed by atoms with van der Waals surface area (Å²) in [5.41, 5.74) is 2.53. The van der Waals surface area contributed by atoms with Crippen LogP contribution in [0.3, 0.4) is 0 Å². The maximum Gasteiger partial charge on any atom is 0.115 e. The number of nitrogens with zero attached hydrogens (tertiary/aromatic N) is 1. The van der Waals surface area contributed by atoms with Crippen LogP contribution in [-0.4, -0.2) is 36.2 Å². The van der Waals surface area contributed by atoms with Crippen LogP contribution in [0.4, 0.5) is 0 Å². The van der Waals surface area contributed by atoms with Gasteiger partial charge in [0, 0.05) is 32.2 Å². The third kappa shape index (κ3) is 3.63. The lowest BCUT2D eigenvalue weighted by Crippen LogP contribution is -2.45. The second-order valence-corrected chi connectivity index (χ2v) is 5.59. The van der Waals surface area contributed by atoms with E-state index in [0.29, 0.717) is 11.8 Å². The number of phenolic OH excluding ortho intramolecular Hbond substituents is 1. The molecule has 0 radical (unpaired) electrons. The molecule has 0 aliphatic carbocycles. The Kier molecular flexibility index (Phi) is 4.53. The van der Waals surface area contributed by atoms with Crippen LogP contribution >= 0.6 is 0 Å². The third-order valence-electron chi connectivity index (χ3n) is 4.12. The minimum atomic E-state index is 0.347. The van der Waals surface area contributed by atoms with Gasteiger partial charge in [-0.25, -0.2) is 0 Å². The molecule has 21 heavy (non-hydrogen) atoms. The minimum Gasteiger partial charge on any atom is -0.508 e. The maximum absolute atomic E-state index is 9.68. The highest BCUT2D eigenvalue weighted by Gasteiger charge is 2.22. The predicted molar refractivity (Wildman–Crippen MR) is 85.4 cm³/mol. The molecule has 110 valence electrons. The van der Waals surface area contributed by atoms with Crippen molar-refractivity contribution in [1.82, 2.24) is 10.2 Å². The van der Waals surface area contributed by atoms with Crippen molar-refractivity contribution in [3.05, 3.63) is 65.7 Å². The van der Waals surface area contributed by atoms with Crippen molar-refractivity contribution in [2.45, 2.75) is 12.5 Å². The highest BCUT2D eigenvalue weighted by Crippen LogP contribution is 2.26. The fraction of sp³-hybridized carbons (Fsp3) is 0.333. The smallest absolute Gasteiger partial charge is 0.115 e. The van der Waals surface area contributed by atoms with E-state index in [4.69, 9.17) is 0 Å². The summed E-state index contributed by atoms with van der Waals surface area (Å²) in [6.07, 6.45) is 0.929. The van der Waals surface area contributed by atoms with Crippen molar-refractivity contribution in [2.24, 2.45) is 0 Å². The van der Waals surface area contributed by atoms with Gasteiger partial charge in [-0.1, -0.05) is 42.5 Å². The molecule has 0 saturated carbocycles. The van der Waals surface area contributed by atoms with Crippen molar-refractivity contribution in [3.63, 3.8) is 0 Å². The Labute approximate surface area is 126 Å². The highest BCUT2D eigenvalue weighted by molar-refractivity contribution is 5.30. The van der Waals surface area contributed by atoms with Crippen molar-refractivity contribution < 1.29 is 5.11 Å². The summed E-state index contributed by atoms with van der Waals surface area (Å²) >= 11 is 0. The van der Waals surface area contributed by atoms with Gasteiger partial charge in [0.1, 0.15) is 5.75 Å². The molecule has 2 aromatic rings. The van der Waals surface area contributed by atoms with Crippen LogP contribution in [0, 0.1) is 0 Å². The van der Waals surface area contributed by atoms with E-state index < -0.39 is 0 Å². The van der Waals surface area contributed by atoms with Gasteiger partial charge in [-0.05, 0) is 29.7 Å². The fourth-order valence-corrected chi connectivity index (χ4v) is 3.03. The van der Waals surface area contributed by atoms with Gasteiger partial charge in [0.15, 0.2) is 0 Å². The van der Waals surface area contributed by atoms with E-state index in [2.05, 4.69) is 46.6 Å². The van der Waals surface area contributed by atoms with E-state index in [1.165, 1.54) is 11.1 Å². The number of nitrogens with one attached hydrogen (secondary N) is 1. The molecule has 3 nitrogen and oxygen atoms in total. The zero-order valence-corrected chi connectivity index (χ0v) is 12.2. The summed E-state index contributed by atoms with van der Waals surface area (Å²) in [6.45, 7) is 4.23. The van der Waals surface area contributed by atoms with Crippen LogP contribution in [0.1, 0.15) is 17.2 Å². The second-order valence-electron chi connectivity index (χ2n) is 5.59. The largest absolute Gasteiger partial charge is 0.508 e. The molecule has 1 fully saturated rings. The van der Waals surface area contributed by atoms with Crippen molar-refractivity contribution in [2.75, 3.05) is 26.2 Å². The molecule has 3 heteroatoms. The Morgan fingerprint density at radius 1 is 1.00 bits per heavy atom. The summed E-state index contributed by atoms with van der Waals surface area (Å²) in [7, 11) is 0. The monoisotopic (exact) mass is 282 g/mol. The van der Waals surface area contributed by atoms with E-state index in [1.807, 2.05) is 12.1 Å². The maximum atomic E-state index is 9.68. The quantitative estimate of drug-likeness (QED) is 0.905. The minimum absolute atomic E-state index is 0.347. The predicted octanol–water partition coefficient (Wildman–Crippen LogP) is 2.58. The molecule has 0 spiro atoms. The summed E-state index contributed by atoms with van der Waals surface area (Å²) in [4.78, 5) is 2.54. The molecule has 2 N–H and O–H groups in total. The average molecular weight is 282 g/mol. The first kappa shape index (κ1) is 14.1. The normalized spacial score (nSPS) is 17.5. The van der Waals surface area contributed by atoms with Gasteiger partial charge >= 0.3 is 0 Å². The van der Waals surface area contributed by atoms with Gasteiger partial charge in [0.2, 0.25) is 0 Å². The lowest BCUT2D eigenvalue weighted by atomic mass is 9.96. The molecule has 1 atom stereocenters. The second kappa shape index (κ2) is 6.74. The molecule has 0 unspecified atom stereocenters. The molecule has 1 heterocycles. The van der Waals surface area contributed by atoms with E-state index in [0.717, 1.165) is 32.6 Å². The molecule has 1 aliphatic heterocycles. The first-order chi connectivity index (χ1) is 10.3. The standard InChI is InChI=1S/C18H22N2O/c21-17-8-4-5-15(13-17)14-18(16-6-2-1-3-7-16)20-11-9-19-10-12-20/h1-8,13,18-19,21H,9-12,14H2/t18-/m1/s1. The number of phenols is 1. The summed E-state index contributed by atoms with van der Waals surface area (Å²) < 4.78 is 0. The van der Waals surface area contributed by atoms with Crippen LogP contribution in [0.2, 0.25) is 0 Å². The van der Waals surface area contributed by atoms with Gasteiger partial charge in [0.25, 0.3) is 0 Å². The van der Waals surface area contributed by atoms with Crippen molar-refractivity contribution in [3.8, 4) is 5.75 Å². The molecular weight excluding hydrogens is 260 g/mol. The van der Waals surface area contributed by atoms with Gasteiger partial charge in [0.05, 0.1) is 0 Å². The first-order valence-corrected chi connectivity index (χ1v) is 7.60. The number of hydrogen-bond donors (Lipinski definition) is 2. The molecule has 3 rings (SSSR count). The average Bonchev–Trinajstić information content (AvgIpc) is 2.54. The Balaban J connectivity index is 1.85. The number of benzene rings is 2. The van der Waals surface area contributed by atoms with Gasteiger partial charge in [-0.3, -0.25) is 4.90 Å². The van der Waals surface area contributed by atoms with Crippen LogP contribution < -0.4 is 5.32 Å². The van der Waals surface area contributed by atoms with Crippen LogP contribution in [0.25, 0.3) is 0 Å². The molecular formula is C18H22N2O. The SMILES string of the molecule is Oc1cccc(C[C@H](c2ccccc2)N2CCNCC2)c1. The molecule has 2 aromatic carbocycles. The third-order valence-corrected chi connectivity index (χ3v) is 4.12. The lowest BCUT2D eigenvalue weighted by Gasteiger charge is -2.35. The first-order valence-electron chi connectivity index (χ1n) is 7.60. The Bertz CT molecular complexity index is 564. The molecule has 0 aromatic heterocycles. The Hall–Kier alpha value is -1.84. The van der Waals surface area contributed by atoms with E-state index in [1.54, 1.807) is 6.07 Å². The molecule has 1 aliphatic rings. The summed E-state index contributed by atoms with van der Waals surface area (Å²) in [5.74, 6) is 0.347. The fourth-order valence-electron chi connectivity index (χ4n) is 3.03. The van der Waals surface area contributed by atoms with Gasteiger partial charge < -0.3 is 10.4 Å². The van der Waals surface area contributed by atoms with Crippen LogP contribution in [0.5, 0.6) is 5.75 Å². The number of rotatable bonds is 4. The zero-order chi connectivity index (χ0) is 14.5. The topological polar surface area (TPSA) is 35.5 Å². The molecule has 0 amide bonds.